The number of benzene rings is 4. The Morgan fingerprint density at radius 1 is 0.712 bits per heavy atom. The molecule has 1 aliphatic heterocycles. The second kappa shape index (κ2) is 16.5. The van der Waals surface area contributed by atoms with Crippen LogP contribution in [0.15, 0.2) is 150 Å². The molecule has 2 heterocycles. The van der Waals surface area contributed by atoms with Gasteiger partial charge in [-0.1, -0.05) is 91.0 Å². The standard InChI is InChI=1S/C40H35N3O9/c1-2-23-41-32-24-33(44)43(40(48)42(32)25-27-15-7-3-8-16-27)36-35(52-39(47)30-21-13-6-14-22-30)34(51-38(46)29-19-11-5-12-20-29)31(50-36)26-49-37(45)28-17-9-4-10-18-28/h2-22,24,31,34-36,41H,1,23,25-26H2/t31-,34-,35-,36-/m1/s1. The molecule has 264 valence electrons. The molecular formula is C40H35N3O9. The largest absolute Gasteiger partial charge is 0.459 e. The molecule has 1 aliphatic rings. The summed E-state index contributed by atoms with van der Waals surface area (Å²) >= 11 is 0. The summed E-state index contributed by atoms with van der Waals surface area (Å²) in [5.74, 6) is -2.11. The number of nitrogens with zero attached hydrogens (tertiary/aromatic N) is 2. The molecule has 4 aromatic carbocycles. The topological polar surface area (TPSA) is 144 Å². The summed E-state index contributed by atoms with van der Waals surface area (Å²) in [7, 11) is 0. The average Bonchev–Trinajstić information content (AvgIpc) is 3.50. The van der Waals surface area contributed by atoms with E-state index in [1.54, 1.807) is 72.8 Å². The first-order valence-electron chi connectivity index (χ1n) is 16.5. The van der Waals surface area contributed by atoms with Crippen molar-refractivity contribution in [1.29, 1.82) is 0 Å². The van der Waals surface area contributed by atoms with Crippen molar-refractivity contribution < 1.29 is 33.3 Å². The van der Waals surface area contributed by atoms with Crippen molar-refractivity contribution in [3.05, 3.63) is 183 Å². The second-order valence-corrected chi connectivity index (χ2v) is 11.8. The third-order valence-electron chi connectivity index (χ3n) is 8.27. The van der Waals surface area contributed by atoms with Crippen LogP contribution in [0, 0.1) is 0 Å². The number of aromatic nitrogens is 2. The van der Waals surface area contributed by atoms with Crippen molar-refractivity contribution in [2.75, 3.05) is 18.5 Å². The van der Waals surface area contributed by atoms with Crippen LogP contribution >= 0.6 is 0 Å². The van der Waals surface area contributed by atoms with E-state index in [0.717, 1.165) is 10.1 Å². The molecule has 1 saturated heterocycles. The fourth-order valence-corrected chi connectivity index (χ4v) is 5.73. The summed E-state index contributed by atoms with van der Waals surface area (Å²) in [6, 6.07) is 34.7. The van der Waals surface area contributed by atoms with E-state index in [1.165, 1.54) is 34.9 Å². The number of ether oxygens (including phenoxy) is 4. The van der Waals surface area contributed by atoms with Gasteiger partial charge in [-0.3, -0.25) is 9.36 Å². The Morgan fingerprint density at radius 2 is 1.21 bits per heavy atom. The van der Waals surface area contributed by atoms with Gasteiger partial charge in [-0.05, 0) is 42.0 Å². The van der Waals surface area contributed by atoms with Gasteiger partial charge in [0.05, 0.1) is 23.2 Å². The number of hydrogen-bond donors (Lipinski definition) is 1. The van der Waals surface area contributed by atoms with Crippen LogP contribution in [0.25, 0.3) is 0 Å². The Hall–Kier alpha value is -6.53. The minimum atomic E-state index is -1.61. The van der Waals surface area contributed by atoms with Crippen molar-refractivity contribution in [2.24, 2.45) is 0 Å². The van der Waals surface area contributed by atoms with Crippen molar-refractivity contribution in [2.45, 2.75) is 31.1 Å². The zero-order chi connectivity index (χ0) is 36.5. The summed E-state index contributed by atoms with van der Waals surface area (Å²) in [6.07, 6.45) is -4.32. The summed E-state index contributed by atoms with van der Waals surface area (Å²) in [5, 5.41) is 3.04. The lowest BCUT2D eigenvalue weighted by Crippen LogP contribution is -2.47. The molecule has 4 atom stereocenters. The van der Waals surface area contributed by atoms with E-state index in [0.29, 0.717) is 0 Å². The third kappa shape index (κ3) is 8.09. The fourth-order valence-electron chi connectivity index (χ4n) is 5.73. The Kier molecular flexibility index (Phi) is 11.2. The maximum atomic E-state index is 14.4. The molecule has 0 amide bonds. The molecule has 12 nitrogen and oxygen atoms in total. The van der Waals surface area contributed by atoms with Gasteiger partial charge in [0.2, 0.25) is 0 Å². The normalized spacial score (nSPS) is 17.8. The van der Waals surface area contributed by atoms with Crippen molar-refractivity contribution in [1.82, 2.24) is 9.13 Å². The zero-order valence-electron chi connectivity index (χ0n) is 27.9. The van der Waals surface area contributed by atoms with Gasteiger partial charge in [-0.2, -0.15) is 0 Å². The number of carbonyl (C=O) groups excluding carboxylic acids is 3. The Balaban J connectivity index is 1.44. The Morgan fingerprint density at radius 3 is 1.75 bits per heavy atom. The minimum absolute atomic E-state index is 0.0607. The quantitative estimate of drug-likeness (QED) is 0.103. The van der Waals surface area contributed by atoms with E-state index in [4.69, 9.17) is 18.9 Å². The summed E-state index contributed by atoms with van der Waals surface area (Å²) in [6.45, 7) is 3.54. The summed E-state index contributed by atoms with van der Waals surface area (Å²) in [4.78, 5) is 68.4. The van der Waals surface area contributed by atoms with Crippen LogP contribution < -0.4 is 16.6 Å². The van der Waals surface area contributed by atoms with Gasteiger partial charge >= 0.3 is 23.6 Å². The summed E-state index contributed by atoms with van der Waals surface area (Å²) < 4.78 is 26.0. The highest BCUT2D eigenvalue weighted by Crippen LogP contribution is 2.34. The van der Waals surface area contributed by atoms with Crippen molar-refractivity contribution >= 4 is 23.7 Å². The van der Waals surface area contributed by atoms with E-state index in [2.05, 4.69) is 11.9 Å². The van der Waals surface area contributed by atoms with E-state index >= 15 is 0 Å². The molecule has 52 heavy (non-hydrogen) atoms. The molecule has 0 bridgehead atoms. The molecule has 0 unspecified atom stereocenters. The number of anilines is 1. The molecule has 0 spiro atoms. The van der Waals surface area contributed by atoms with Gasteiger partial charge < -0.3 is 24.3 Å². The molecule has 0 radical (unpaired) electrons. The first kappa shape index (κ1) is 35.3. The average molecular weight is 702 g/mol. The molecule has 0 saturated carbocycles. The molecule has 12 heteroatoms. The third-order valence-corrected chi connectivity index (χ3v) is 8.27. The first-order chi connectivity index (χ1) is 25.3. The zero-order valence-corrected chi connectivity index (χ0v) is 27.9. The Bertz CT molecular complexity index is 2140. The van der Waals surface area contributed by atoms with Gasteiger partial charge in [0, 0.05) is 12.6 Å². The minimum Gasteiger partial charge on any atom is -0.459 e. The molecule has 6 rings (SSSR count). The predicted molar refractivity (Wildman–Crippen MR) is 191 cm³/mol. The maximum Gasteiger partial charge on any atom is 0.338 e. The van der Waals surface area contributed by atoms with Crippen LogP contribution in [0.5, 0.6) is 0 Å². The number of rotatable bonds is 13. The fraction of sp³-hybridized carbons (Fsp3) is 0.175. The van der Waals surface area contributed by atoms with Gasteiger partial charge in [0.15, 0.2) is 18.4 Å². The van der Waals surface area contributed by atoms with Crippen molar-refractivity contribution in [3.63, 3.8) is 0 Å². The highest BCUT2D eigenvalue weighted by Gasteiger charge is 2.52. The SMILES string of the molecule is C=CCNc1cc(=O)n([C@@H]2O[C@H](COC(=O)c3ccccc3)[C@@H](OC(=O)c3ccccc3)[C@H]2OC(=O)c2ccccc2)c(=O)n1Cc1ccccc1. The Labute approximate surface area is 298 Å². The number of nitrogens with one attached hydrogen (secondary N) is 1. The molecule has 5 aromatic rings. The van der Waals surface area contributed by atoms with Gasteiger partial charge in [-0.15, -0.1) is 6.58 Å². The highest BCUT2D eigenvalue weighted by molar-refractivity contribution is 5.91. The lowest BCUT2D eigenvalue weighted by atomic mass is 10.1. The number of carbonyl (C=O) groups is 3. The predicted octanol–water partition coefficient (Wildman–Crippen LogP) is 4.86. The van der Waals surface area contributed by atoms with E-state index < -0.39 is 60.3 Å². The lowest BCUT2D eigenvalue weighted by molar-refractivity contribution is -0.0656. The first-order valence-corrected chi connectivity index (χ1v) is 16.5. The van der Waals surface area contributed by atoms with Gasteiger partial charge in [0.25, 0.3) is 5.56 Å². The molecule has 1 fully saturated rings. The van der Waals surface area contributed by atoms with Crippen LogP contribution in [0.4, 0.5) is 5.82 Å². The molecular weight excluding hydrogens is 666 g/mol. The number of esters is 3. The van der Waals surface area contributed by atoms with E-state index in [1.807, 2.05) is 30.3 Å². The summed E-state index contributed by atoms with van der Waals surface area (Å²) in [5.41, 5.74) is -0.239. The van der Waals surface area contributed by atoms with Crippen LogP contribution in [0.2, 0.25) is 0 Å². The smallest absolute Gasteiger partial charge is 0.338 e. The maximum absolute atomic E-state index is 14.4. The van der Waals surface area contributed by atoms with Gasteiger partial charge in [-0.25, -0.2) is 23.7 Å². The number of hydrogen-bond acceptors (Lipinski definition) is 10. The van der Waals surface area contributed by atoms with Crippen molar-refractivity contribution in [3.8, 4) is 0 Å². The lowest BCUT2D eigenvalue weighted by Gasteiger charge is -2.25. The van der Waals surface area contributed by atoms with Crippen LogP contribution in [-0.4, -0.2) is 58.5 Å². The highest BCUT2D eigenvalue weighted by atomic mass is 16.7. The monoisotopic (exact) mass is 701 g/mol. The van der Waals surface area contributed by atoms with E-state index in [-0.39, 0.29) is 35.6 Å². The van der Waals surface area contributed by atoms with Crippen LogP contribution in [0.1, 0.15) is 42.9 Å². The van der Waals surface area contributed by atoms with E-state index in [9.17, 15) is 24.0 Å². The van der Waals surface area contributed by atoms with Crippen LogP contribution in [-0.2, 0) is 25.5 Å². The molecule has 0 aliphatic carbocycles. The van der Waals surface area contributed by atoms with Gasteiger partial charge in [0.1, 0.15) is 18.5 Å². The second-order valence-electron chi connectivity index (χ2n) is 11.8. The molecule has 1 N–H and O–H groups in total. The van der Waals surface area contributed by atoms with Crippen LogP contribution in [0.3, 0.4) is 0 Å². The molecule has 1 aromatic heterocycles.